The van der Waals surface area contributed by atoms with Crippen molar-refractivity contribution in [1.29, 1.82) is 5.26 Å². The number of carbonyl (C=O) groups is 2. The second kappa shape index (κ2) is 10.1. The third-order valence-corrected chi connectivity index (χ3v) is 3.71. The van der Waals surface area contributed by atoms with Crippen LogP contribution in [0.4, 0.5) is 0 Å². The number of likely N-dealkylation sites (N-methyl/N-ethyl adjacent to an activating group) is 1. The predicted octanol–water partition coefficient (Wildman–Crippen LogP) is 3.14. The molecule has 0 N–H and O–H groups in total. The monoisotopic (exact) mass is 382 g/mol. The van der Waals surface area contributed by atoms with Gasteiger partial charge in [-0.05, 0) is 45.3 Å². The number of esters is 2. The molecule has 0 amide bonds. The van der Waals surface area contributed by atoms with Crippen molar-refractivity contribution < 1.29 is 23.5 Å². The Balaban J connectivity index is 2.09. The summed E-state index contributed by atoms with van der Waals surface area (Å²) in [5.74, 6) is -0.185. The third kappa shape index (κ3) is 5.83. The van der Waals surface area contributed by atoms with Gasteiger partial charge in [-0.2, -0.15) is 5.26 Å². The Morgan fingerprint density at radius 3 is 2.46 bits per heavy atom. The van der Waals surface area contributed by atoms with Gasteiger partial charge >= 0.3 is 11.9 Å². The molecule has 7 nitrogen and oxygen atoms in total. The number of ether oxygens (including phenoxy) is 2. The molecule has 0 bridgehead atoms. The lowest BCUT2D eigenvalue weighted by Crippen LogP contribution is -2.20. The number of nitriles is 1. The lowest BCUT2D eigenvalue weighted by atomic mass is 10.1. The number of benzene rings is 1. The quantitative estimate of drug-likeness (QED) is 0.393. The van der Waals surface area contributed by atoms with Gasteiger partial charge in [0.25, 0.3) is 0 Å². The van der Waals surface area contributed by atoms with Crippen molar-refractivity contribution in [1.82, 2.24) is 4.90 Å². The summed E-state index contributed by atoms with van der Waals surface area (Å²) in [5.41, 5.74) is 1.06. The van der Waals surface area contributed by atoms with Crippen molar-refractivity contribution in [2.75, 3.05) is 33.9 Å². The molecule has 2 aromatic rings. The highest BCUT2D eigenvalue weighted by Gasteiger charge is 2.13. The van der Waals surface area contributed by atoms with Crippen LogP contribution in [0, 0.1) is 11.3 Å². The zero-order valence-corrected chi connectivity index (χ0v) is 16.1. The van der Waals surface area contributed by atoms with Gasteiger partial charge in [0.1, 0.15) is 29.8 Å². The number of furan rings is 1. The molecule has 0 aliphatic heterocycles. The highest BCUT2D eigenvalue weighted by atomic mass is 16.5. The molecule has 7 heteroatoms. The molecule has 1 aromatic carbocycles. The summed E-state index contributed by atoms with van der Waals surface area (Å²) < 4.78 is 15.7. The Kier molecular flexibility index (Phi) is 7.55. The fourth-order valence-corrected chi connectivity index (χ4v) is 2.25. The number of hydrogen-bond acceptors (Lipinski definition) is 7. The minimum absolute atomic E-state index is 0.141. The molecule has 0 unspecified atom stereocenters. The number of carbonyl (C=O) groups excluding carboxylic acids is 2. The lowest BCUT2D eigenvalue weighted by molar-refractivity contribution is -0.138. The van der Waals surface area contributed by atoms with Gasteiger partial charge in [0.2, 0.25) is 0 Å². The fraction of sp³-hybridized carbons (Fsp3) is 0.286. The van der Waals surface area contributed by atoms with Gasteiger partial charge in [-0.25, -0.2) is 9.59 Å². The van der Waals surface area contributed by atoms with Crippen molar-refractivity contribution in [2.45, 2.75) is 6.92 Å². The maximum Gasteiger partial charge on any atom is 0.349 e. The molecule has 0 aliphatic rings. The summed E-state index contributed by atoms with van der Waals surface area (Å²) in [4.78, 5) is 25.5. The summed E-state index contributed by atoms with van der Waals surface area (Å²) in [6.45, 7) is 2.82. The van der Waals surface area contributed by atoms with Crippen molar-refractivity contribution in [2.24, 2.45) is 0 Å². The molecule has 146 valence electrons. The SMILES string of the molecule is CCOC(=O)c1ccc(-c2ccc(C=C(C#N)C(=O)OCCN(C)C)o2)cc1. The first-order valence-corrected chi connectivity index (χ1v) is 8.75. The zero-order chi connectivity index (χ0) is 20.5. The Morgan fingerprint density at radius 1 is 1.14 bits per heavy atom. The van der Waals surface area contributed by atoms with Gasteiger partial charge in [-0.15, -0.1) is 0 Å². The molecule has 0 atom stereocenters. The van der Waals surface area contributed by atoms with Crippen LogP contribution in [0.3, 0.4) is 0 Å². The third-order valence-electron chi connectivity index (χ3n) is 3.71. The zero-order valence-electron chi connectivity index (χ0n) is 16.1. The summed E-state index contributed by atoms with van der Waals surface area (Å²) in [7, 11) is 3.72. The topological polar surface area (TPSA) is 92.8 Å². The molecular weight excluding hydrogens is 360 g/mol. The first-order chi connectivity index (χ1) is 13.4. The van der Waals surface area contributed by atoms with E-state index in [-0.39, 0.29) is 18.1 Å². The van der Waals surface area contributed by atoms with E-state index in [0.29, 0.717) is 30.2 Å². The highest BCUT2D eigenvalue weighted by molar-refractivity contribution is 5.97. The molecule has 28 heavy (non-hydrogen) atoms. The maximum atomic E-state index is 12.0. The van der Waals surface area contributed by atoms with Crippen LogP contribution in [-0.4, -0.2) is 50.7 Å². The van der Waals surface area contributed by atoms with Crippen LogP contribution in [0.15, 0.2) is 46.4 Å². The maximum absolute atomic E-state index is 12.0. The molecule has 0 saturated heterocycles. The van der Waals surface area contributed by atoms with E-state index >= 15 is 0 Å². The van der Waals surface area contributed by atoms with Crippen molar-refractivity contribution in [3.05, 3.63) is 53.3 Å². The van der Waals surface area contributed by atoms with E-state index < -0.39 is 5.97 Å². The van der Waals surface area contributed by atoms with Gasteiger partial charge < -0.3 is 18.8 Å². The minimum atomic E-state index is -0.693. The summed E-state index contributed by atoms with van der Waals surface area (Å²) >= 11 is 0. The number of nitrogens with zero attached hydrogens (tertiary/aromatic N) is 2. The Morgan fingerprint density at radius 2 is 1.86 bits per heavy atom. The Hall–Kier alpha value is -3.37. The van der Waals surface area contributed by atoms with Crippen molar-refractivity contribution in [3.63, 3.8) is 0 Å². The highest BCUT2D eigenvalue weighted by Crippen LogP contribution is 2.24. The molecule has 2 rings (SSSR count). The largest absolute Gasteiger partial charge is 0.462 e. The summed E-state index contributed by atoms with van der Waals surface area (Å²) in [6, 6.07) is 12.0. The smallest absolute Gasteiger partial charge is 0.349 e. The molecule has 0 radical (unpaired) electrons. The van der Waals surface area contributed by atoms with Crippen LogP contribution in [0.1, 0.15) is 23.0 Å². The molecule has 1 heterocycles. The first-order valence-electron chi connectivity index (χ1n) is 8.75. The second-order valence-electron chi connectivity index (χ2n) is 6.11. The summed E-state index contributed by atoms with van der Waals surface area (Å²) in [5, 5.41) is 9.20. The summed E-state index contributed by atoms with van der Waals surface area (Å²) in [6.07, 6.45) is 1.34. The van der Waals surface area contributed by atoms with Gasteiger partial charge in [-0.1, -0.05) is 12.1 Å². The molecular formula is C21H22N2O5. The molecule has 0 saturated carbocycles. The van der Waals surface area contributed by atoms with Gasteiger partial charge in [0, 0.05) is 18.2 Å². The number of rotatable bonds is 8. The van der Waals surface area contributed by atoms with E-state index in [1.165, 1.54) is 6.08 Å². The van der Waals surface area contributed by atoms with E-state index in [0.717, 1.165) is 5.56 Å². The van der Waals surface area contributed by atoms with Gasteiger partial charge in [-0.3, -0.25) is 0 Å². The van der Waals surface area contributed by atoms with Gasteiger partial charge in [0.05, 0.1) is 12.2 Å². The molecule has 0 fully saturated rings. The van der Waals surface area contributed by atoms with Crippen LogP contribution in [0.25, 0.3) is 17.4 Å². The fourth-order valence-electron chi connectivity index (χ4n) is 2.25. The predicted molar refractivity (Wildman–Crippen MR) is 103 cm³/mol. The van der Waals surface area contributed by atoms with E-state index in [4.69, 9.17) is 13.9 Å². The second-order valence-corrected chi connectivity index (χ2v) is 6.11. The molecule has 0 aliphatic carbocycles. The standard InChI is InChI=1S/C21H22N2O5/c1-4-26-20(24)16-7-5-15(6-8-16)19-10-9-18(28-19)13-17(14-22)21(25)27-12-11-23(2)3/h5-10,13H,4,11-12H2,1-3H3. The average molecular weight is 382 g/mol. The van der Waals surface area contributed by atoms with E-state index in [1.54, 1.807) is 43.3 Å². The van der Waals surface area contributed by atoms with Crippen LogP contribution >= 0.6 is 0 Å². The lowest BCUT2D eigenvalue weighted by Gasteiger charge is -2.09. The number of hydrogen-bond donors (Lipinski definition) is 0. The van der Waals surface area contributed by atoms with Crippen molar-refractivity contribution in [3.8, 4) is 17.4 Å². The van der Waals surface area contributed by atoms with Crippen LogP contribution < -0.4 is 0 Å². The Bertz CT molecular complexity index is 888. The van der Waals surface area contributed by atoms with E-state index in [9.17, 15) is 14.9 Å². The minimum Gasteiger partial charge on any atom is -0.462 e. The van der Waals surface area contributed by atoms with Crippen LogP contribution in [-0.2, 0) is 14.3 Å². The van der Waals surface area contributed by atoms with Gasteiger partial charge in [0.15, 0.2) is 0 Å². The molecule has 1 aromatic heterocycles. The first kappa shape index (κ1) is 20.9. The normalized spacial score (nSPS) is 11.2. The van der Waals surface area contributed by atoms with Crippen LogP contribution in [0.2, 0.25) is 0 Å². The van der Waals surface area contributed by atoms with Crippen molar-refractivity contribution >= 4 is 18.0 Å². The Labute approximate surface area is 163 Å². The van der Waals surface area contributed by atoms with Crippen LogP contribution in [0.5, 0.6) is 0 Å². The van der Waals surface area contributed by atoms with E-state index in [1.807, 2.05) is 25.1 Å². The average Bonchev–Trinajstić information content (AvgIpc) is 3.14. The molecule has 0 spiro atoms. The van der Waals surface area contributed by atoms with E-state index in [2.05, 4.69) is 0 Å².